The Kier molecular flexibility index (Phi) is 4.85. The highest BCUT2D eigenvalue weighted by atomic mass is 16.4. The SMILES string of the molecule is CCC(C)N(CC(=O)O)Cc1ccncn1. The molecule has 1 heterocycles. The maximum Gasteiger partial charge on any atom is 0.317 e. The Labute approximate surface area is 95.1 Å². The molecule has 0 fully saturated rings. The summed E-state index contributed by atoms with van der Waals surface area (Å²) in [5.74, 6) is -0.811. The van der Waals surface area contributed by atoms with Gasteiger partial charge in [-0.25, -0.2) is 9.97 Å². The molecule has 16 heavy (non-hydrogen) atoms. The molecule has 0 radical (unpaired) electrons. The topological polar surface area (TPSA) is 66.3 Å². The molecule has 1 rings (SSSR count). The number of carboxylic acids is 1. The Morgan fingerprint density at radius 3 is 2.88 bits per heavy atom. The minimum Gasteiger partial charge on any atom is -0.480 e. The molecule has 5 heteroatoms. The van der Waals surface area contributed by atoms with Gasteiger partial charge in [0.1, 0.15) is 6.33 Å². The molecule has 0 spiro atoms. The third-order valence-corrected chi connectivity index (χ3v) is 2.56. The van der Waals surface area contributed by atoms with Crippen LogP contribution in [0.3, 0.4) is 0 Å². The molecule has 88 valence electrons. The van der Waals surface area contributed by atoms with Gasteiger partial charge in [0, 0.05) is 18.8 Å². The minimum atomic E-state index is -0.811. The Bertz CT molecular complexity index is 329. The van der Waals surface area contributed by atoms with Gasteiger partial charge in [0.15, 0.2) is 0 Å². The summed E-state index contributed by atoms with van der Waals surface area (Å²) in [5.41, 5.74) is 0.844. The van der Waals surface area contributed by atoms with E-state index in [2.05, 4.69) is 9.97 Å². The summed E-state index contributed by atoms with van der Waals surface area (Å²) < 4.78 is 0. The number of hydrogen-bond acceptors (Lipinski definition) is 4. The molecule has 0 saturated carbocycles. The second-order valence-electron chi connectivity index (χ2n) is 3.76. The van der Waals surface area contributed by atoms with Crippen molar-refractivity contribution in [3.8, 4) is 0 Å². The zero-order valence-electron chi connectivity index (χ0n) is 9.63. The zero-order valence-corrected chi connectivity index (χ0v) is 9.63. The van der Waals surface area contributed by atoms with E-state index in [1.165, 1.54) is 6.33 Å². The van der Waals surface area contributed by atoms with Crippen molar-refractivity contribution in [3.05, 3.63) is 24.3 Å². The number of aliphatic carboxylic acids is 1. The van der Waals surface area contributed by atoms with Crippen molar-refractivity contribution in [1.29, 1.82) is 0 Å². The number of aromatic nitrogens is 2. The Balaban J connectivity index is 2.67. The largest absolute Gasteiger partial charge is 0.480 e. The van der Waals surface area contributed by atoms with E-state index in [1.807, 2.05) is 18.7 Å². The summed E-state index contributed by atoms with van der Waals surface area (Å²) in [6, 6.07) is 2.03. The summed E-state index contributed by atoms with van der Waals surface area (Å²) in [6.07, 6.45) is 4.06. The summed E-state index contributed by atoms with van der Waals surface area (Å²) in [4.78, 5) is 20.6. The first-order valence-electron chi connectivity index (χ1n) is 5.34. The number of rotatable bonds is 6. The lowest BCUT2D eigenvalue weighted by Crippen LogP contribution is -2.36. The van der Waals surface area contributed by atoms with Crippen LogP contribution in [0.1, 0.15) is 26.0 Å². The molecular formula is C11H17N3O2. The highest BCUT2D eigenvalue weighted by Crippen LogP contribution is 2.07. The van der Waals surface area contributed by atoms with Crippen molar-refractivity contribution in [3.63, 3.8) is 0 Å². The summed E-state index contributed by atoms with van der Waals surface area (Å²) in [7, 11) is 0. The lowest BCUT2D eigenvalue weighted by Gasteiger charge is -2.26. The third kappa shape index (κ3) is 3.94. The monoisotopic (exact) mass is 223 g/mol. The highest BCUT2D eigenvalue weighted by molar-refractivity contribution is 5.69. The average molecular weight is 223 g/mol. The van der Waals surface area contributed by atoms with Crippen LogP contribution in [0, 0.1) is 0 Å². The normalized spacial score (nSPS) is 12.7. The molecule has 1 aromatic rings. The summed E-state index contributed by atoms with van der Waals surface area (Å²) >= 11 is 0. The fraction of sp³-hybridized carbons (Fsp3) is 0.545. The average Bonchev–Trinajstić information content (AvgIpc) is 2.28. The maximum absolute atomic E-state index is 10.7. The van der Waals surface area contributed by atoms with E-state index in [0.717, 1.165) is 12.1 Å². The summed E-state index contributed by atoms with van der Waals surface area (Å²) in [6.45, 7) is 4.65. The second-order valence-corrected chi connectivity index (χ2v) is 3.76. The Morgan fingerprint density at radius 2 is 2.38 bits per heavy atom. The van der Waals surface area contributed by atoms with E-state index in [4.69, 9.17) is 5.11 Å². The lowest BCUT2D eigenvalue weighted by atomic mass is 10.2. The van der Waals surface area contributed by atoms with Crippen LogP contribution in [0.2, 0.25) is 0 Å². The molecule has 1 unspecified atom stereocenters. The van der Waals surface area contributed by atoms with Crippen LogP contribution < -0.4 is 0 Å². The number of carbonyl (C=O) groups is 1. The van der Waals surface area contributed by atoms with Crippen molar-refractivity contribution in [2.24, 2.45) is 0 Å². The Hall–Kier alpha value is -1.49. The van der Waals surface area contributed by atoms with Gasteiger partial charge in [-0.1, -0.05) is 6.92 Å². The van der Waals surface area contributed by atoms with Crippen molar-refractivity contribution < 1.29 is 9.90 Å². The van der Waals surface area contributed by atoms with Gasteiger partial charge in [0.2, 0.25) is 0 Å². The Morgan fingerprint density at radius 1 is 1.62 bits per heavy atom. The standard InChI is InChI=1S/C11H17N3O2/c1-3-9(2)14(7-11(15)16)6-10-4-5-12-8-13-10/h4-5,8-9H,3,6-7H2,1-2H3,(H,15,16). The molecule has 1 aromatic heterocycles. The number of carboxylic acid groups (broad SMARTS) is 1. The van der Waals surface area contributed by atoms with Crippen LogP contribution in [0.15, 0.2) is 18.6 Å². The van der Waals surface area contributed by atoms with Crippen molar-refractivity contribution in [2.45, 2.75) is 32.9 Å². The molecule has 1 N–H and O–H groups in total. The second kappa shape index (κ2) is 6.17. The molecule has 5 nitrogen and oxygen atoms in total. The molecule has 0 aliphatic carbocycles. The van der Waals surface area contributed by atoms with Gasteiger partial charge in [-0.15, -0.1) is 0 Å². The molecule has 0 aromatic carbocycles. The van der Waals surface area contributed by atoms with Crippen LogP contribution in [0.5, 0.6) is 0 Å². The molecule has 0 aliphatic rings. The lowest BCUT2D eigenvalue weighted by molar-refractivity contribution is -0.139. The van der Waals surface area contributed by atoms with Crippen LogP contribution >= 0.6 is 0 Å². The molecule has 0 bridgehead atoms. The first-order chi connectivity index (χ1) is 7.63. The van der Waals surface area contributed by atoms with E-state index in [-0.39, 0.29) is 12.6 Å². The van der Waals surface area contributed by atoms with E-state index in [1.54, 1.807) is 12.3 Å². The highest BCUT2D eigenvalue weighted by Gasteiger charge is 2.16. The van der Waals surface area contributed by atoms with Crippen molar-refractivity contribution in [1.82, 2.24) is 14.9 Å². The molecule has 0 saturated heterocycles. The smallest absolute Gasteiger partial charge is 0.317 e. The van der Waals surface area contributed by atoms with Crippen LogP contribution in [-0.2, 0) is 11.3 Å². The van der Waals surface area contributed by atoms with Gasteiger partial charge >= 0.3 is 5.97 Å². The fourth-order valence-corrected chi connectivity index (χ4v) is 1.42. The zero-order chi connectivity index (χ0) is 12.0. The van der Waals surface area contributed by atoms with Crippen molar-refractivity contribution >= 4 is 5.97 Å². The van der Waals surface area contributed by atoms with Gasteiger partial charge in [0.05, 0.1) is 12.2 Å². The maximum atomic E-state index is 10.7. The first kappa shape index (κ1) is 12.6. The van der Waals surface area contributed by atoms with E-state index in [9.17, 15) is 4.79 Å². The summed E-state index contributed by atoms with van der Waals surface area (Å²) in [5, 5.41) is 8.83. The molecule has 0 amide bonds. The number of hydrogen-bond donors (Lipinski definition) is 1. The van der Waals surface area contributed by atoms with Gasteiger partial charge in [-0.05, 0) is 19.4 Å². The third-order valence-electron chi connectivity index (χ3n) is 2.56. The van der Waals surface area contributed by atoms with Crippen LogP contribution in [0.4, 0.5) is 0 Å². The quantitative estimate of drug-likeness (QED) is 0.784. The molecule has 0 aliphatic heterocycles. The molecular weight excluding hydrogens is 206 g/mol. The van der Waals surface area contributed by atoms with Crippen LogP contribution in [-0.4, -0.2) is 38.5 Å². The van der Waals surface area contributed by atoms with Crippen LogP contribution in [0.25, 0.3) is 0 Å². The van der Waals surface area contributed by atoms with Gasteiger partial charge in [-0.3, -0.25) is 9.69 Å². The number of nitrogens with zero attached hydrogens (tertiary/aromatic N) is 3. The predicted octanol–water partition coefficient (Wildman–Crippen LogP) is 1.16. The predicted molar refractivity (Wildman–Crippen MR) is 59.8 cm³/mol. The van der Waals surface area contributed by atoms with Gasteiger partial charge in [0.25, 0.3) is 0 Å². The minimum absolute atomic E-state index is 0.0407. The fourth-order valence-electron chi connectivity index (χ4n) is 1.42. The van der Waals surface area contributed by atoms with E-state index >= 15 is 0 Å². The van der Waals surface area contributed by atoms with E-state index in [0.29, 0.717) is 6.54 Å². The van der Waals surface area contributed by atoms with E-state index < -0.39 is 5.97 Å². The first-order valence-corrected chi connectivity index (χ1v) is 5.34. The molecule has 1 atom stereocenters. The van der Waals surface area contributed by atoms with Gasteiger partial charge < -0.3 is 5.11 Å². The van der Waals surface area contributed by atoms with Gasteiger partial charge in [-0.2, -0.15) is 0 Å². The van der Waals surface area contributed by atoms with Crippen molar-refractivity contribution in [2.75, 3.05) is 6.54 Å².